The Labute approximate surface area is 137 Å². The van der Waals surface area contributed by atoms with Gasteiger partial charge in [0, 0.05) is 39.2 Å². The van der Waals surface area contributed by atoms with Gasteiger partial charge in [-0.3, -0.25) is 0 Å². The van der Waals surface area contributed by atoms with Crippen LogP contribution in [0.15, 0.2) is 0 Å². The van der Waals surface area contributed by atoms with Crippen molar-refractivity contribution in [2.45, 2.75) is 39.7 Å². The van der Waals surface area contributed by atoms with Gasteiger partial charge in [-0.25, -0.2) is 9.59 Å². The summed E-state index contributed by atoms with van der Waals surface area (Å²) in [4.78, 5) is 27.6. The summed E-state index contributed by atoms with van der Waals surface area (Å²) in [6.07, 6.45) is 1.57. The van der Waals surface area contributed by atoms with Crippen LogP contribution < -0.4 is 0 Å². The molecule has 0 aromatic rings. The summed E-state index contributed by atoms with van der Waals surface area (Å²) in [6.45, 7) is 9.56. The van der Waals surface area contributed by atoms with E-state index in [9.17, 15) is 9.59 Å². The zero-order valence-corrected chi connectivity index (χ0v) is 14.5. The van der Waals surface area contributed by atoms with Crippen molar-refractivity contribution in [3.05, 3.63) is 0 Å². The predicted octanol–water partition coefficient (Wildman–Crippen LogP) is 1.90. The zero-order valence-electron chi connectivity index (χ0n) is 14.5. The lowest BCUT2D eigenvalue weighted by molar-refractivity contribution is -0.155. The number of hydrogen-bond acceptors (Lipinski definition) is 3. The van der Waals surface area contributed by atoms with Crippen molar-refractivity contribution in [3.63, 3.8) is 0 Å². The summed E-state index contributed by atoms with van der Waals surface area (Å²) >= 11 is 0. The normalized spacial score (nSPS) is 34.2. The van der Waals surface area contributed by atoms with Gasteiger partial charge in [0.1, 0.15) is 0 Å². The number of hydrogen-bond donors (Lipinski definition) is 1. The maximum absolute atomic E-state index is 12.7. The minimum Gasteiger partial charge on any atom is -0.479 e. The van der Waals surface area contributed by atoms with Crippen LogP contribution in [0.3, 0.4) is 0 Å². The van der Waals surface area contributed by atoms with Crippen molar-refractivity contribution in [2.75, 3.05) is 33.3 Å². The smallest absolute Gasteiger partial charge is 0.333 e. The lowest BCUT2D eigenvalue weighted by atomic mass is 9.63. The SMILES string of the molecule is COC(C(=O)O)C1CN(C(=O)N2C[C@H]3CC[C@@](C)(C2)C3(C)C)C1. The number of rotatable bonds is 3. The maximum Gasteiger partial charge on any atom is 0.333 e. The van der Waals surface area contributed by atoms with Crippen LogP contribution in [-0.2, 0) is 9.53 Å². The number of urea groups is 1. The van der Waals surface area contributed by atoms with Gasteiger partial charge in [0.05, 0.1) is 0 Å². The standard InChI is InChI=1S/C17H28N2O4/c1-16(2)12-5-6-17(16,3)10-19(9-12)15(22)18-7-11(8-18)13(23-4)14(20)21/h11-13H,5-10H2,1-4H3,(H,20,21)/t12-,13?,17+/m1/s1. The Bertz CT molecular complexity index is 515. The molecule has 0 spiro atoms. The predicted molar refractivity (Wildman–Crippen MR) is 85.1 cm³/mol. The number of piperidine rings is 1. The first-order valence-electron chi connectivity index (χ1n) is 8.49. The highest BCUT2D eigenvalue weighted by Gasteiger charge is 2.57. The van der Waals surface area contributed by atoms with Crippen molar-refractivity contribution < 1.29 is 19.4 Å². The first-order valence-corrected chi connectivity index (χ1v) is 8.49. The molecule has 0 aromatic carbocycles. The lowest BCUT2D eigenvalue weighted by Gasteiger charge is -2.52. The van der Waals surface area contributed by atoms with Gasteiger partial charge in [0.15, 0.2) is 6.10 Å². The first-order chi connectivity index (χ1) is 10.7. The van der Waals surface area contributed by atoms with Crippen molar-refractivity contribution >= 4 is 12.0 Å². The molecule has 3 aliphatic rings. The molecule has 3 fully saturated rings. The molecule has 0 aromatic heterocycles. The monoisotopic (exact) mass is 324 g/mol. The minimum absolute atomic E-state index is 0.0649. The van der Waals surface area contributed by atoms with Crippen molar-refractivity contribution in [3.8, 4) is 0 Å². The van der Waals surface area contributed by atoms with Crippen molar-refractivity contribution in [1.29, 1.82) is 0 Å². The average molecular weight is 324 g/mol. The molecule has 2 aliphatic heterocycles. The molecule has 2 amide bonds. The quantitative estimate of drug-likeness (QED) is 0.861. The van der Waals surface area contributed by atoms with E-state index in [1.54, 1.807) is 4.90 Å². The summed E-state index contributed by atoms with van der Waals surface area (Å²) in [5.74, 6) is -0.488. The fraction of sp³-hybridized carbons (Fsp3) is 0.882. The number of methoxy groups -OCH3 is 1. The van der Waals surface area contributed by atoms with Gasteiger partial charge in [-0.2, -0.15) is 0 Å². The zero-order chi connectivity index (χ0) is 17.0. The lowest BCUT2D eigenvalue weighted by Crippen LogP contribution is -2.62. The number of carboxylic acids is 1. The third kappa shape index (κ3) is 2.42. The second-order valence-corrected chi connectivity index (χ2v) is 8.34. The molecule has 1 saturated carbocycles. The van der Waals surface area contributed by atoms with Crippen LogP contribution in [0.1, 0.15) is 33.6 Å². The summed E-state index contributed by atoms with van der Waals surface area (Å²) in [6, 6.07) is 0.0649. The Balaban J connectivity index is 1.60. The molecule has 130 valence electrons. The number of nitrogens with zero attached hydrogens (tertiary/aromatic N) is 2. The number of amides is 2. The van der Waals surface area contributed by atoms with E-state index in [4.69, 9.17) is 9.84 Å². The molecule has 3 rings (SSSR count). The second-order valence-electron chi connectivity index (χ2n) is 8.34. The molecule has 6 heteroatoms. The Hall–Kier alpha value is -1.30. The molecule has 6 nitrogen and oxygen atoms in total. The summed E-state index contributed by atoms with van der Waals surface area (Å²) in [5, 5.41) is 9.11. The Morgan fingerprint density at radius 2 is 1.83 bits per heavy atom. The van der Waals surface area contributed by atoms with Gasteiger partial charge in [-0.1, -0.05) is 20.8 Å². The highest BCUT2D eigenvalue weighted by molar-refractivity contribution is 5.77. The Morgan fingerprint density at radius 1 is 1.17 bits per heavy atom. The van der Waals surface area contributed by atoms with E-state index in [0.717, 1.165) is 13.1 Å². The molecule has 2 bridgehead atoms. The van der Waals surface area contributed by atoms with E-state index >= 15 is 0 Å². The summed E-state index contributed by atoms with van der Waals surface area (Å²) in [5.41, 5.74) is 0.470. The molecule has 1 aliphatic carbocycles. The van der Waals surface area contributed by atoms with Gasteiger partial charge >= 0.3 is 12.0 Å². The van der Waals surface area contributed by atoms with Crippen LogP contribution in [0.25, 0.3) is 0 Å². The topological polar surface area (TPSA) is 70.1 Å². The minimum atomic E-state index is -0.949. The van der Waals surface area contributed by atoms with Gasteiger partial charge in [-0.15, -0.1) is 0 Å². The molecular weight excluding hydrogens is 296 g/mol. The largest absolute Gasteiger partial charge is 0.479 e. The Kier molecular flexibility index (Phi) is 3.86. The van der Waals surface area contributed by atoms with Crippen LogP contribution in [0.4, 0.5) is 4.79 Å². The van der Waals surface area contributed by atoms with Gasteiger partial charge < -0.3 is 19.6 Å². The van der Waals surface area contributed by atoms with E-state index in [1.165, 1.54) is 20.0 Å². The molecule has 3 atom stereocenters. The van der Waals surface area contributed by atoms with Gasteiger partial charge in [0.2, 0.25) is 0 Å². The number of ether oxygens (including phenoxy) is 1. The number of carbonyl (C=O) groups is 2. The number of likely N-dealkylation sites (tertiary alicyclic amines) is 2. The van der Waals surface area contributed by atoms with Crippen LogP contribution >= 0.6 is 0 Å². The van der Waals surface area contributed by atoms with E-state index < -0.39 is 12.1 Å². The van der Waals surface area contributed by atoms with Crippen LogP contribution in [0.5, 0.6) is 0 Å². The first kappa shape index (κ1) is 16.6. The highest BCUT2D eigenvalue weighted by Crippen LogP contribution is 2.59. The van der Waals surface area contributed by atoms with E-state index in [1.807, 2.05) is 4.90 Å². The van der Waals surface area contributed by atoms with Gasteiger partial charge in [-0.05, 0) is 29.6 Å². The molecule has 23 heavy (non-hydrogen) atoms. The van der Waals surface area contributed by atoms with E-state index in [0.29, 0.717) is 19.0 Å². The number of carbonyl (C=O) groups excluding carboxylic acids is 1. The number of fused-ring (bicyclic) bond motifs is 2. The molecule has 1 unspecified atom stereocenters. The number of carboxylic acid groups (broad SMARTS) is 1. The van der Waals surface area contributed by atoms with E-state index in [2.05, 4.69) is 20.8 Å². The summed E-state index contributed by atoms with van der Waals surface area (Å²) < 4.78 is 5.03. The molecule has 1 N–H and O–H groups in total. The van der Waals surface area contributed by atoms with Crippen LogP contribution in [0, 0.1) is 22.7 Å². The Morgan fingerprint density at radius 3 is 2.35 bits per heavy atom. The van der Waals surface area contributed by atoms with Crippen molar-refractivity contribution in [1.82, 2.24) is 9.80 Å². The van der Waals surface area contributed by atoms with Crippen LogP contribution in [-0.4, -0.2) is 66.3 Å². The van der Waals surface area contributed by atoms with Crippen LogP contribution in [0.2, 0.25) is 0 Å². The summed E-state index contributed by atoms with van der Waals surface area (Å²) in [7, 11) is 1.41. The molecule has 0 radical (unpaired) electrons. The molecule has 2 heterocycles. The molecule has 2 saturated heterocycles. The second kappa shape index (κ2) is 5.36. The van der Waals surface area contributed by atoms with E-state index in [-0.39, 0.29) is 22.8 Å². The van der Waals surface area contributed by atoms with Gasteiger partial charge in [0.25, 0.3) is 0 Å². The molecular formula is C17H28N2O4. The fourth-order valence-corrected chi connectivity index (χ4v) is 4.72. The number of aliphatic carboxylic acids is 1. The third-order valence-corrected chi connectivity index (χ3v) is 6.98. The van der Waals surface area contributed by atoms with Crippen molar-refractivity contribution in [2.24, 2.45) is 22.7 Å². The highest BCUT2D eigenvalue weighted by atomic mass is 16.5. The maximum atomic E-state index is 12.7. The fourth-order valence-electron chi connectivity index (χ4n) is 4.72. The third-order valence-electron chi connectivity index (χ3n) is 6.98. The average Bonchev–Trinajstić information content (AvgIpc) is 2.59.